The minimum Gasteiger partial charge on any atom is -0.507 e. The maximum atomic E-state index is 10.1. The topological polar surface area (TPSA) is 39.3 Å². The van der Waals surface area contributed by atoms with Crippen LogP contribution in [0.2, 0.25) is 0 Å². The first kappa shape index (κ1) is 6.45. The Balaban J connectivity index is 2.08. The summed E-state index contributed by atoms with van der Waals surface area (Å²) >= 11 is 0. The van der Waals surface area contributed by atoms with E-state index in [1.165, 1.54) is 17.2 Å². The Kier molecular flexibility index (Phi) is 1.55. The van der Waals surface area contributed by atoms with E-state index < -0.39 is 19.4 Å². The number of aromatic nitrogens is 1. The number of aromatic amines is 1. The fraction of sp³-hybridized carbons (Fsp3) is 0.429. The highest BCUT2D eigenvalue weighted by atomic mass is 16.3. The van der Waals surface area contributed by atoms with Crippen LogP contribution in [-0.2, 0) is 6.37 Å². The standard InChI is InChI=1S/C14H18N2O/c1-16-7-3-4-11(16)8-10-9-15-12-5-2-6-13(17)14(10)12/h2,5-6,9,11,15,17H,3-4,7-8H2,1H3/t11-/m1/s1/i1D3,8D2. The molecule has 17 heavy (non-hydrogen) atoms. The van der Waals surface area contributed by atoms with Gasteiger partial charge >= 0.3 is 0 Å². The third-order valence-corrected chi connectivity index (χ3v) is 3.26. The van der Waals surface area contributed by atoms with Crippen molar-refractivity contribution in [2.45, 2.75) is 25.3 Å². The number of phenolic OH excluding ortho intramolecular Hbond substituents is 1. The second kappa shape index (κ2) is 4.08. The number of rotatable bonds is 2. The van der Waals surface area contributed by atoms with Crippen LogP contribution in [0.3, 0.4) is 0 Å². The van der Waals surface area contributed by atoms with Crippen LogP contribution in [0.25, 0.3) is 10.9 Å². The molecule has 0 amide bonds. The number of benzene rings is 1. The average Bonchev–Trinajstić information content (AvgIpc) is 3.06. The molecule has 3 rings (SSSR count). The van der Waals surface area contributed by atoms with Gasteiger partial charge in [-0.2, -0.15) is 0 Å². The van der Waals surface area contributed by atoms with E-state index in [-0.39, 0.29) is 5.75 Å². The second-order valence-electron chi connectivity index (χ2n) is 4.40. The third-order valence-electron chi connectivity index (χ3n) is 3.26. The lowest BCUT2D eigenvalue weighted by molar-refractivity contribution is 0.309. The summed E-state index contributed by atoms with van der Waals surface area (Å²) in [6.07, 6.45) is 0.783. The number of nitrogens with zero attached hydrogens (tertiary/aromatic N) is 1. The molecule has 0 saturated carbocycles. The Morgan fingerprint density at radius 2 is 2.59 bits per heavy atom. The van der Waals surface area contributed by atoms with Crippen LogP contribution in [0.1, 0.15) is 25.3 Å². The van der Waals surface area contributed by atoms with E-state index in [4.69, 9.17) is 6.85 Å². The van der Waals surface area contributed by atoms with E-state index in [2.05, 4.69) is 4.98 Å². The van der Waals surface area contributed by atoms with Crippen molar-refractivity contribution >= 4 is 10.9 Å². The number of likely N-dealkylation sites (N-methyl/N-ethyl adjacent to an activating group) is 1. The van der Waals surface area contributed by atoms with Crippen molar-refractivity contribution in [1.82, 2.24) is 9.88 Å². The summed E-state index contributed by atoms with van der Waals surface area (Å²) in [5.41, 5.74) is 0.944. The van der Waals surface area contributed by atoms with Gasteiger partial charge in [0, 0.05) is 30.0 Å². The molecule has 1 atom stereocenters. The Morgan fingerprint density at radius 3 is 3.47 bits per heavy atom. The van der Waals surface area contributed by atoms with Crippen molar-refractivity contribution in [3.05, 3.63) is 30.0 Å². The first-order valence-electron chi connectivity index (χ1n) is 8.29. The minimum atomic E-state index is -2.32. The molecule has 2 heterocycles. The molecule has 1 saturated heterocycles. The lowest BCUT2D eigenvalue weighted by Gasteiger charge is -2.18. The summed E-state index contributed by atoms with van der Waals surface area (Å²) < 4.78 is 39.8. The molecule has 90 valence electrons. The van der Waals surface area contributed by atoms with Crippen molar-refractivity contribution < 1.29 is 12.0 Å². The highest BCUT2D eigenvalue weighted by Crippen LogP contribution is 2.30. The Hall–Kier alpha value is -1.48. The molecular weight excluding hydrogens is 212 g/mol. The van der Waals surface area contributed by atoms with Gasteiger partial charge in [0.1, 0.15) is 5.75 Å². The number of hydrogen-bond donors (Lipinski definition) is 2. The average molecular weight is 235 g/mol. The van der Waals surface area contributed by atoms with Crippen LogP contribution >= 0.6 is 0 Å². The molecule has 2 aromatic rings. The van der Waals surface area contributed by atoms with Gasteiger partial charge < -0.3 is 15.0 Å². The highest BCUT2D eigenvalue weighted by Gasteiger charge is 2.22. The van der Waals surface area contributed by atoms with Gasteiger partial charge in [0.05, 0.1) is 0 Å². The molecule has 0 spiro atoms. The summed E-state index contributed by atoms with van der Waals surface area (Å²) in [7, 11) is 0. The lowest BCUT2D eigenvalue weighted by atomic mass is 10.0. The van der Waals surface area contributed by atoms with Crippen molar-refractivity contribution in [3.8, 4) is 5.75 Å². The number of fused-ring (bicyclic) bond motifs is 1. The summed E-state index contributed by atoms with van der Waals surface area (Å²) in [4.78, 5) is 4.21. The maximum Gasteiger partial charge on any atom is 0.125 e. The molecule has 1 aliphatic rings. The zero-order valence-electron chi connectivity index (χ0n) is 14.4. The van der Waals surface area contributed by atoms with Gasteiger partial charge in [-0.25, -0.2) is 0 Å². The van der Waals surface area contributed by atoms with Crippen LogP contribution in [0, 0.1) is 0 Å². The van der Waals surface area contributed by atoms with E-state index in [1.807, 2.05) is 0 Å². The van der Waals surface area contributed by atoms with Crippen molar-refractivity contribution in [2.24, 2.45) is 0 Å². The smallest absolute Gasteiger partial charge is 0.125 e. The molecule has 0 unspecified atom stereocenters. The zero-order valence-corrected chi connectivity index (χ0v) is 9.40. The number of aromatic hydroxyl groups is 1. The van der Waals surface area contributed by atoms with Crippen LogP contribution in [-0.4, -0.2) is 34.6 Å². The van der Waals surface area contributed by atoms with Gasteiger partial charge in [0.15, 0.2) is 0 Å². The fourth-order valence-electron chi connectivity index (χ4n) is 2.38. The molecule has 2 N–H and O–H groups in total. The molecule has 3 nitrogen and oxygen atoms in total. The zero-order chi connectivity index (χ0) is 16.1. The van der Waals surface area contributed by atoms with Gasteiger partial charge in [0.25, 0.3) is 0 Å². The number of H-pyrrole nitrogens is 1. The molecule has 1 fully saturated rings. The number of nitrogens with one attached hydrogen (secondary N) is 1. The molecule has 0 radical (unpaired) electrons. The first-order chi connectivity index (χ1) is 10.2. The lowest BCUT2D eigenvalue weighted by Crippen LogP contribution is -2.26. The molecule has 1 aliphatic heterocycles. The van der Waals surface area contributed by atoms with E-state index in [9.17, 15) is 5.11 Å². The predicted octanol–water partition coefficient (Wildman–Crippen LogP) is 2.51. The quantitative estimate of drug-likeness (QED) is 0.839. The molecule has 1 aromatic carbocycles. The van der Waals surface area contributed by atoms with Gasteiger partial charge in [-0.15, -0.1) is 0 Å². The van der Waals surface area contributed by atoms with E-state index in [0.717, 1.165) is 0 Å². The number of likely N-dealkylation sites (tertiary alicyclic amines) is 1. The first-order valence-corrected chi connectivity index (χ1v) is 5.79. The SMILES string of the molecule is [2H]C([2H])(c1c[nH]c2cccc(O)c12)[C@H]1CCCN1C([2H])([2H])[2H]. The van der Waals surface area contributed by atoms with Gasteiger partial charge in [-0.05, 0) is 50.4 Å². The summed E-state index contributed by atoms with van der Waals surface area (Å²) in [5, 5.41) is 10.5. The molecule has 1 aromatic heterocycles. The number of hydrogen-bond acceptors (Lipinski definition) is 2. The summed E-state index contributed by atoms with van der Waals surface area (Å²) in [5.74, 6) is -0.00365. The van der Waals surface area contributed by atoms with Crippen LogP contribution in [0.15, 0.2) is 24.4 Å². The van der Waals surface area contributed by atoms with E-state index in [1.54, 1.807) is 12.1 Å². The summed E-state index contributed by atoms with van der Waals surface area (Å²) in [6.45, 7) is -1.96. The normalized spacial score (nSPS) is 27.3. The largest absolute Gasteiger partial charge is 0.507 e. The maximum absolute atomic E-state index is 10.1. The van der Waals surface area contributed by atoms with Crippen LogP contribution in [0.4, 0.5) is 0 Å². The van der Waals surface area contributed by atoms with Gasteiger partial charge in [-0.3, -0.25) is 0 Å². The van der Waals surface area contributed by atoms with Crippen LogP contribution < -0.4 is 0 Å². The third kappa shape index (κ3) is 1.80. The van der Waals surface area contributed by atoms with Crippen LogP contribution in [0.5, 0.6) is 5.75 Å². The number of phenols is 1. The van der Waals surface area contributed by atoms with Crippen molar-refractivity contribution in [1.29, 1.82) is 0 Å². The Morgan fingerprint density at radius 1 is 1.65 bits per heavy atom. The predicted molar refractivity (Wildman–Crippen MR) is 69.3 cm³/mol. The minimum absolute atomic E-state index is 0.00365. The molecule has 0 aliphatic carbocycles. The molecule has 3 heteroatoms. The Bertz CT molecular complexity index is 694. The molecule has 0 bridgehead atoms. The Labute approximate surface area is 108 Å². The van der Waals surface area contributed by atoms with Crippen molar-refractivity contribution in [3.63, 3.8) is 0 Å². The monoisotopic (exact) mass is 235 g/mol. The van der Waals surface area contributed by atoms with Gasteiger partial charge in [-0.1, -0.05) is 6.07 Å². The second-order valence-corrected chi connectivity index (χ2v) is 4.40. The molecular formula is C14H18N2O. The summed E-state index contributed by atoms with van der Waals surface area (Å²) in [6, 6.07) is 4.20. The van der Waals surface area contributed by atoms with Gasteiger partial charge in [0.2, 0.25) is 0 Å². The van der Waals surface area contributed by atoms with E-state index >= 15 is 0 Å². The van der Waals surface area contributed by atoms with E-state index in [0.29, 0.717) is 35.9 Å². The highest BCUT2D eigenvalue weighted by molar-refractivity contribution is 5.89. The van der Waals surface area contributed by atoms with Crippen molar-refractivity contribution in [2.75, 3.05) is 13.5 Å². The fourth-order valence-corrected chi connectivity index (χ4v) is 2.38.